The predicted molar refractivity (Wildman–Crippen MR) is 70.4 cm³/mol. The molecule has 5 nitrogen and oxygen atoms in total. The topological polar surface area (TPSA) is 81.0 Å². The Hall–Kier alpha value is -0.420. The van der Waals surface area contributed by atoms with E-state index in [0.717, 1.165) is 25.9 Å². The molecule has 18 heavy (non-hydrogen) atoms. The van der Waals surface area contributed by atoms with Gasteiger partial charge in [0.1, 0.15) is 0 Å². The quantitative estimate of drug-likeness (QED) is 0.414. The van der Waals surface area contributed by atoms with Gasteiger partial charge in [-0.2, -0.15) is 0 Å². The number of rotatable bonds is 1. The molecular formula is C11H17ClNO4P. The third kappa shape index (κ3) is 6.50. The fourth-order valence-corrected chi connectivity index (χ4v) is 2.07. The lowest BCUT2D eigenvalue weighted by Gasteiger charge is -2.14. The van der Waals surface area contributed by atoms with Crippen LogP contribution < -0.4 is 0 Å². The molecule has 1 aromatic rings. The fourth-order valence-electron chi connectivity index (χ4n) is 1.83. The van der Waals surface area contributed by atoms with Gasteiger partial charge in [0.15, 0.2) is 0 Å². The van der Waals surface area contributed by atoms with Crippen LogP contribution in [0.4, 0.5) is 0 Å². The minimum absolute atomic E-state index is 0.661. The van der Waals surface area contributed by atoms with Crippen LogP contribution >= 0.6 is 19.4 Å². The van der Waals surface area contributed by atoms with Gasteiger partial charge in [0, 0.05) is 13.1 Å². The highest BCUT2D eigenvalue weighted by atomic mass is 35.5. The molecule has 1 heterocycles. The monoisotopic (exact) mass is 293 g/mol. The number of hydrogen-bond donors (Lipinski definition) is 3. The van der Waals surface area contributed by atoms with Crippen molar-refractivity contribution in [1.29, 1.82) is 0 Å². The summed E-state index contributed by atoms with van der Waals surface area (Å²) < 4.78 is 8.88. The molecule has 0 amide bonds. The maximum absolute atomic E-state index is 8.88. The number of benzene rings is 1. The van der Waals surface area contributed by atoms with Crippen molar-refractivity contribution in [1.82, 2.24) is 4.90 Å². The normalized spacial score (nSPS) is 16.2. The van der Waals surface area contributed by atoms with E-state index in [4.69, 9.17) is 30.8 Å². The molecule has 0 unspecified atom stereocenters. The molecule has 0 aromatic heterocycles. The van der Waals surface area contributed by atoms with Crippen LogP contribution in [0.2, 0.25) is 0 Å². The van der Waals surface area contributed by atoms with Crippen molar-refractivity contribution in [2.45, 2.75) is 12.8 Å². The molecule has 7 heteroatoms. The van der Waals surface area contributed by atoms with E-state index < -0.39 is 7.82 Å². The van der Waals surface area contributed by atoms with E-state index in [2.05, 4.69) is 29.2 Å². The molecule has 0 spiro atoms. The molecule has 0 atom stereocenters. The summed E-state index contributed by atoms with van der Waals surface area (Å²) in [7, 11) is -4.64. The van der Waals surface area contributed by atoms with E-state index in [0.29, 0.717) is 6.00 Å². The molecule has 0 bridgehead atoms. The van der Waals surface area contributed by atoms with E-state index in [9.17, 15) is 0 Å². The summed E-state index contributed by atoms with van der Waals surface area (Å²) in [5.41, 5.74) is 2.99. The number of phosphoric acid groups is 1. The van der Waals surface area contributed by atoms with Gasteiger partial charge in [-0.3, -0.25) is 4.90 Å². The molecule has 102 valence electrons. The van der Waals surface area contributed by atoms with Gasteiger partial charge in [0.2, 0.25) is 0 Å². The molecule has 2 rings (SSSR count). The lowest BCUT2D eigenvalue weighted by Crippen LogP contribution is -2.24. The molecule has 3 N–H and O–H groups in total. The molecule has 0 aliphatic carbocycles. The lowest BCUT2D eigenvalue weighted by molar-refractivity contribution is 0.275. The van der Waals surface area contributed by atoms with Gasteiger partial charge in [-0.15, -0.1) is 11.6 Å². The Morgan fingerprint density at radius 3 is 1.83 bits per heavy atom. The molecule has 0 radical (unpaired) electrons. The average molecular weight is 294 g/mol. The predicted octanol–water partition coefficient (Wildman–Crippen LogP) is 1.35. The van der Waals surface area contributed by atoms with Gasteiger partial charge >= 0.3 is 7.82 Å². The molecule has 1 aliphatic rings. The van der Waals surface area contributed by atoms with Crippen molar-refractivity contribution >= 4 is 19.4 Å². The summed E-state index contributed by atoms with van der Waals surface area (Å²) in [6.45, 7) is 2.20. The molecule has 1 aromatic carbocycles. The standard InChI is InChI=1S/C11H14ClN.H3O4P/c12-9-13-7-5-10-3-1-2-4-11(10)6-8-13;1-5(2,3)4/h1-4H,5-9H2;(H3,1,2,3,4). The first-order chi connectivity index (χ1) is 8.40. The van der Waals surface area contributed by atoms with Gasteiger partial charge < -0.3 is 14.7 Å². The van der Waals surface area contributed by atoms with Gasteiger partial charge in [0.25, 0.3) is 0 Å². The highest BCUT2D eigenvalue weighted by Crippen LogP contribution is 2.25. The van der Waals surface area contributed by atoms with Crippen LogP contribution in [0.1, 0.15) is 11.1 Å². The zero-order valence-electron chi connectivity index (χ0n) is 9.87. The van der Waals surface area contributed by atoms with Crippen molar-refractivity contribution in [2.24, 2.45) is 0 Å². The number of fused-ring (bicyclic) bond motifs is 1. The van der Waals surface area contributed by atoms with Gasteiger partial charge in [-0.1, -0.05) is 24.3 Å². The average Bonchev–Trinajstić information content (AvgIpc) is 2.49. The Bertz CT molecular complexity index is 388. The SMILES string of the molecule is ClCN1CCc2ccccc2CC1.O=P(O)(O)O. The van der Waals surface area contributed by atoms with Crippen molar-refractivity contribution in [3.05, 3.63) is 35.4 Å². The van der Waals surface area contributed by atoms with Crippen LogP contribution in [-0.4, -0.2) is 38.7 Å². The maximum Gasteiger partial charge on any atom is 0.466 e. The Labute approximate surface area is 111 Å². The lowest BCUT2D eigenvalue weighted by atomic mass is 10.0. The maximum atomic E-state index is 8.88. The fraction of sp³-hybridized carbons (Fsp3) is 0.455. The minimum Gasteiger partial charge on any atom is -0.303 e. The van der Waals surface area contributed by atoms with Crippen LogP contribution in [-0.2, 0) is 17.4 Å². The zero-order valence-corrected chi connectivity index (χ0v) is 11.5. The van der Waals surface area contributed by atoms with Crippen molar-refractivity contribution in [3.63, 3.8) is 0 Å². The number of hydrogen-bond acceptors (Lipinski definition) is 2. The summed E-state index contributed by atoms with van der Waals surface area (Å²) in [6, 6.07) is 9.36. The van der Waals surface area contributed by atoms with Crippen LogP contribution in [0, 0.1) is 0 Å². The largest absolute Gasteiger partial charge is 0.466 e. The number of nitrogens with zero attached hydrogens (tertiary/aromatic N) is 1. The summed E-state index contributed by atoms with van der Waals surface area (Å²) in [5.74, 6) is 0. The minimum atomic E-state index is -4.64. The second-order valence-electron chi connectivity index (χ2n) is 4.02. The highest BCUT2D eigenvalue weighted by molar-refractivity contribution is 7.45. The molecular weight excluding hydrogens is 277 g/mol. The first kappa shape index (κ1) is 15.6. The van der Waals surface area contributed by atoms with E-state index in [1.54, 1.807) is 0 Å². The second-order valence-corrected chi connectivity index (χ2v) is 5.29. The first-order valence-electron chi connectivity index (χ1n) is 5.53. The molecule has 0 saturated heterocycles. The Balaban J connectivity index is 0.000000280. The van der Waals surface area contributed by atoms with Crippen LogP contribution in [0.3, 0.4) is 0 Å². The third-order valence-electron chi connectivity index (χ3n) is 2.68. The Morgan fingerprint density at radius 1 is 1.11 bits per heavy atom. The number of halogens is 1. The molecule has 0 fully saturated rings. The van der Waals surface area contributed by atoms with Gasteiger partial charge in [-0.25, -0.2) is 4.57 Å². The first-order valence-corrected chi connectivity index (χ1v) is 7.63. The van der Waals surface area contributed by atoms with Gasteiger partial charge in [0.05, 0.1) is 6.00 Å². The van der Waals surface area contributed by atoms with E-state index in [-0.39, 0.29) is 0 Å². The highest BCUT2D eigenvalue weighted by Gasteiger charge is 2.11. The van der Waals surface area contributed by atoms with Gasteiger partial charge in [-0.05, 0) is 24.0 Å². The Kier molecular flexibility index (Phi) is 6.29. The number of alkyl halides is 1. The van der Waals surface area contributed by atoms with Crippen LogP contribution in [0.5, 0.6) is 0 Å². The van der Waals surface area contributed by atoms with Crippen molar-refractivity contribution in [3.8, 4) is 0 Å². The van der Waals surface area contributed by atoms with Crippen LogP contribution in [0.15, 0.2) is 24.3 Å². The molecule has 1 aliphatic heterocycles. The van der Waals surface area contributed by atoms with Crippen molar-refractivity contribution < 1.29 is 19.2 Å². The summed E-state index contributed by atoms with van der Waals surface area (Å²) in [4.78, 5) is 23.9. The van der Waals surface area contributed by atoms with Crippen molar-refractivity contribution in [2.75, 3.05) is 19.1 Å². The zero-order chi connectivity index (χ0) is 13.6. The molecule has 0 saturated carbocycles. The van der Waals surface area contributed by atoms with Crippen LogP contribution in [0.25, 0.3) is 0 Å². The second kappa shape index (κ2) is 7.24. The summed E-state index contributed by atoms with van der Waals surface area (Å²) >= 11 is 5.82. The van der Waals surface area contributed by atoms with E-state index in [1.165, 1.54) is 11.1 Å². The Morgan fingerprint density at radius 2 is 1.50 bits per heavy atom. The smallest absolute Gasteiger partial charge is 0.303 e. The summed E-state index contributed by atoms with van der Waals surface area (Å²) in [6.07, 6.45) is 2.28. The summed E-state index contributed by atoms with van der Waals surface area (Å²) in [5, 5.41) is 0. The van der Waals surface area contributed by atoms with E-state index in [1.807, 2.05) is 0 Å². The third-order valence-corrected chi connectivity index (χ3v) is 3.02. The van der Waals surface area contributed by atoms with E-state index >= 15 is 0 Å².